The summed E-state index contributed by atoms with van der Waals surface area (Å²) < 4.78 is 5.65. The Morgan fingerprint density at radius 2 is 1.75 bits per heavy atom. The molecule has 0 aromatic heterocycles. The van der Waals surface area contributed by atoms with Gasteiger partial charge >= 0.3 is 0 Å². The van der Waals surface area contributed by atoms with E-state index < -0.39 is 0 Å². The first-order valence-corrected chi connectivity index (χ1v) is 7.97. The average Bonchev–Trinajstić information content (AvgIpc) is 2.35. The van der Waals surface area contributed by atoms with Crippen molar-refractivity contribution in [1.82, 2.24) is 5.32 Å². The molecule has 4 heteroatoms. The van der Waals surface area contributed by atoms with Gasteiger partial charge in [-0.15, -0.1) is 0 Å². The number of hydrogen-bond donors (Lipinski definition) is 1. The minimum atomic E-state index is 0.215. The van der Waals surface area contributed by atoms with Crippen LogP contribution in [0.1, 0.15) is 46.5 Å². The van der Waals surface area contributed by atoms with Gasteiger partial charge in [0.25, 0.3) is 0 Å². The number of unbranched alkanes of at least 4 members (excludes halogenated alkanes) is 3. The standard InChI is InChI=1S/C16H25Cl2NO/c1-16(2,3)19-10-6-4-5-7-11-20-15-12-13(17)8-9-14(15)18/h8-9,12,19H,4-7,10-11H2,1-3H3. The first-order chi connectivity index (χ1) is 9.38. The maximum Gasteiger partial charge on any atom is 0.139 e. The van der Waals surface area contributed by atoms with Gasteiger partial charge in [0, 0.05) is 16.6 Å². The van der Waals surface area contributed by atoms with Crippen LogP contribution in [-0.2, 0) is 0 Å². The summed E-state index contributed by atoms with van der Waals surface area (Å²) in [6.45, 7) is 8.33. The first kappa shape index (κ1) is 17.6. The van der Waals surface area contributed by atoms with Crippen molar-refractivity contribution >= 4 is 23.2 Å². The Bertz CT molecular complexity index is 402. The molecule has 0 saturated carbocycles. The number of benzene rings is 1. The van der Waals surface area contributed by atoms with Gasteiger partial charge in [-0.3, -0.25) is 0 Å². The Morgan fingerprint density at radius 1 is 1.05 bits per heavy atom. The molecule has 0 heterocycles. The molecule has 1 rings (SSSR count). The number of halogens is 2. The molecule has 1 N–H and O–H groups in total. The molecule has 0 radical (unpaired) electrons. The lowest BCUT2D eigenvalue weighted by Crippen LogP contribution is -2.36. The van der Waals surface area contributed by atoms with E-state index in [1.807, 2.05) is 0 Å². The van der Waals surface area contributed by atoms with Crippen LogP contribution in [0.25, 0.3) is 0 Å². The lowest BCUT2D eigenvalue weighted by molar-refractivity contribution is 0.304. The van der Waals surface area contributed by atoms with Gasteiger partial charge in [-0.05, 0) is 52.3 Å². The Kier molecular flexibility index (Phi) is 7.71. The van der Waals surface area contributed by atoms with Crippen molar-refractivity contribution in [3.8, 4) is 5.75 Å². The van der Waals surface area contributed by atoms with E-state index >= 15 is 0 Å². The second kappa shape index (κ2) is 8.76. The predicted molar refractivity (Wildman–Crippen MR) is 88.2 cm³/mol. The number of ether oxygens (including phenoxy) is 1. The highest BCUT2D eigenvalue weighted by molar-refractivity contribution is 6.34. The van der Waals surface area contributed by atoms with Crippen molar-refractivity contribution in [3.05, 3.63) is 28.2 Å². The van der Waals surface area contributed by atoms with E-state index in [-0.39, 0.29) is 5.54 Å². The summed E-state index contributed by atoms with van der Waals surface area (Å²) in [4.78, 5) is 0. The maximum absolute atomic E-state index is 6.03. The molecule has 0 spiro atoms. The molecule has 0 unspecified atom stereocenters. The van der Waals surface area contributed by atoms with Crippen molar-refractivity contribution in [3.63, 3.8) is 0 Å². The lowest BCUT2D eigenvalue weighted by atomic mass is 10.1. The summed E-state index contributed by atoms with van der Waals surface area (Å²) in [6.07, 6.45) is 4.63. The third-order valence-corrected chi connectivity index (χ3v) is 3.42. The van der Waals surface area contributed by atoms with E-state index in [0.29, 0.717) is 22.4 Å². The van der Waals surface area contributed by atoms with Crippen LogP contribution in [0.3, 0.4) is 0 Å². The highest BCUT2D eigenvalue weighted by Gasteiger charge is 2.07. The summed E-state index contributed by atoms with van der Waals surface area (Å²) in [5, 5.41) is 4.75. The van der Waals surface area contributed by atoms with Gasteiger partial charge in [0.2, 0.25) is 0 Å². The van der Waals surface area contributed by atoms with Crippen molar-refractivity contribution in [2.75, 3.05) is 13.2 Å². The van der Waals surface area contributed by atoms with Crippen LogP contribution in [-0.4, -0.2) is 18.7 Å². The van der Waals surface area contributed by atoms with E-state index in [0.717, 1.165) is 13.0 Å². The summed E-state index contributed by atoms with van der Waals surface area (Å²) in [6, 6.07) is 5.29. The van der Waals surface area contributed by atoms with Gasteiger partial charge in [0.1, 0.15) is 5.75 Å². The van der Waals surface area contributed by atoms with Gasteiger partial charge in [-0.2, -0.15) is 0 Å². The average molecular weight is 318 g/mol. The second-order valence-corrected chi connectivity index (χ2v) is 6.86. The molecule has 1 aromatic rings. The maximum atomic E-state index is 6.03. The fourth-order valence-corrected chi connectivity index (χ4v) is 2.15. The van der Waals surface area contributed by atoms with E-state index in [4.69, 9.17) is 27.9 Å². The topological polar surface area (TPSA) is 21.3 Å². The molecule has 0 saturated heterocycles. The Hall–Kier alpha value is -0.440. The van der Waals surface area contributed by atoms with Crippen molar-refractivity contribution in [1.29, 1.82) is 0 Å². The van der Waals surface area contributed by atoms with Crippen molar-refractivity contribution < 1.29 is 4.74 Å². The summed E-state index contributed by atoms with van der Waals surface area (Å²) in [5.74, 6) is 0.675. The number of nitrogens with one attached hydrogen (secondary N) is 1. The van der Waals surface area contributed by atoms with E-state index in [1.54, 1.807) is 18.2 Å². The summed E-state index contributed by atoms with van der Waals surface area (Å²) >= 11 is 11.9. The Labute approximate surface area is 132 Å². The molecule has 1 aromatic carbocycles. The smallest absolute Gasteiger partial charge is 0.139 e. The monoisotopic (exact) mass is 317 g/mol. The molecular formula is C16H25Cl2NO. The Balaban J connectivity index is 2.06. The summed E-state index contributed by atoms with van der Waals surface area (Å²) in [7, 11) is 0. The zero-order valence-corrected chi connectivity index (χ0v) is 14.2. The van der Waals surface area contributed by atoms with Crippen molar-refractivity contribution in [2.24, 2.45) is 0 Å². The fourth-order valence-electron chi connectivity index (χ4n) is 1.81. The zero-order chi connectivity index (χ0) is 15.0. The Morgan fingerprint density at radius 3 is 2.45 bits per heavy atom. The van der Waals surface area contributed by atoms with Crippen LogP contribution in [0.2, 0.25) is 10.0 Å². The highest BCUT2D eigenvalue weighted by atomic mass is 35.5. The van der Waals surface area contributed by atoms with Gasteiger partial charge in [0.15, 0.2) is 0 Å². The lowest BCUT2D eigenvalue weighted by Gasteiger charge is -2.20. The first-order valence-electron chi connectivity index (χ1n) is 7.21. The van der Waals surface area contributed by atoms with E-state index in [9.17, 15) is 0 Å². The van der Waals surface area contributed by atoms with E-state index in [2.05, 4.69) is 26.1 Å². The van der Waals surface area contributed by atoms with Crippen molar-refractivity contribution in [2.45, 2.75) is 52.0 Å². The number of rotatable bonds is 8. The molecule has 0 atom stereocenters. The molecule has 2 nitrogen and oxygen atoms in total. The van der Waals surface area contributed by atoms with Crippen LogP contribution in [0.15, 0.2) is 18.2 Å². The summed E-state index contributed by atoms with van der Waals surface area (Å²) in [5.41, 5.74) is 0.215. The zero-order valence-electron chi connectivity index (χ0n) is 12.6. The molecule has 0 aliphatic carbocycles. The highest BCUT2D eigenvalue weighted by Crippen LogP contribution is 2.27. The fraction of sp³-hybridized carbons (Fsp3) is 0.625. The SMILES string of the molecule is CC(C)(C)NCCCCCCOc1cc(Cl)ccc1Cl. The number of hydrogen-bond acceptors (Lipinski definition) is 2. The van der Waals surface area contributed by atoms with Crippen LogP contribution < -0.4 is 10.1 Å². The molecule has 0 amide bonds. The van der Waals surface area contributed by atoms with Gasteiger partial charge < -0.3 is 10.1 Å². The quantitative estimate of drug-likeness (QED) is 0.655. The van der Waals surface area contributed by atoms with Crippen LogP contribution in [0.4, 0.5) is 0 Å². The molecule has 114 valence electrons. The minimum Gasteiger partial charge on any atom is -0.492 e. The molecular weight excluding hydrogens is 293 g/mol. The third-order valence-electron chi connectivity index (χ3n) is 2.88. The predicted octanol–water partition coefficient (Wildman–Crippen LogP) is 5.32. The molecule has 0 fully saturated rings. The third kappa shape index (κ3) is 7.98. The minimum absolute atomic E-state index is 0.215. The largest absolute Gasteiger partial charge is 0.492 e. The van der Waals surface area contributed by atoms with Gasteiger partial charge in [0.05, 0.1) is 11.6 Å². The second-order valence-electron chi connectivity index (χ2n) is 6.01. The van der Waals surface area contributed by atoms with Crippen LogP contribution in [0, 0.1) is 0 Å². The molecule has 0 bridgehead atoms. The van der Waals surface area contributed by atoms with Gasteiger partial charge in [-0.1, -0.05) is 36.0 Å². The van der Waals surface area contributed by atoms with Crippen LogP contribution >= 0.6 is 23.2 Å². The van der Waals surface area contributed by atoms with Gasteiger partial charge in [-0.25, -0.2) is 0 Å². The van der Waals surface area contributed by atoms with Crippen LogP contribution in [0.5, 0.6) is 5.75 Å². The normalized spacial score (nSPS) is 11.7. The molecule has 20 heavy (non-hydrogen) atoms. The van der Waals surface area contributed by atoms with E-state index in [1.165, 1.54) is 19.3 Å². The molecule has 0 aliphatic rings. The molecule has 0 aliphatic heterocycles.